The molecule has 1 N–H and O–H groups in total. The predicted molar refractivity (Wildman–Crippen MR) is 101 cm³/mol. The normalized spacial score (nSPS) is 11.1. The van der Waals surface area contributed by atoms with E-state index in [1.54, 1.807) is 11.3 Å². The van der Waals surface area contributed by atoms with Gasteiger partial charge in [0.05, 0.1) is 17.0 Å². The quantitative estimate of drug-likeness (QED) is 0.560. The number of benzene rings is 1. The van der Waals surface area contributed by atoms with Gasteiger partial charge in [-0.3, -0.25) is 4.79 Å². The number of thiophene rings is 1. The smallest absolute Gasteiger partial charge is 0.232 e. The average Bonchev–Trinajstić information content (AvgIpc) is 3.28. The second-order valence-corrected chi connectivity index (χ2v) is 7.63. The van der Waals surface area contributed by atoms with Crippen LogP contribution >= 0.6 is 22.7 Å². The number of hydrogen-bond acceptors (Lipinski definition) is 6. The number of anilines is 1. The van der Waals surface area contributed by atoms with Crippen LogP contribution < -0.4 is 5.32 Å². The third-order valence-electron chi connectivity index (χ3n) is 3.83. The number of fused-ring (bicyclic) bond motifs is 1. The van der Waals surface area contributed by atoms with E-state index < -0.39 is 0 Å². The van der Waals surface area contributed by atoms with Crippen LogP contribution in [0, 0.1) is 13.8 Å². The zero-order valence-corrected chi connectivity index (χ0v) is 15.3. The van der Waals surface area contributed by atoms with Crippen LogP contribution in [-0.2, 0) is 11.2 Å². The van der Waals surface area contributed by atoms with Crippen LogP contribution in [-0.4, -0.2) is 16.0 Å². The van der Waals surface area contributed by atoms with Crippen LogP contribution in [0.3, 0.4) is 0 Å². The molecule has 4 aromatic rings. The summed E-state index contributed by atoms with van der Waals surface area (Å²) >= 11 is 3.04. The second kappa shape index (κ2) is 6.42. The van der Waals surface area contributed by atoms with Gasteiger partial charge in [0, 0.05) is 10.8 Å². The minimum Gasteiger partial charge on any atom is -0.356 e. The number of thiazole rings is 1. The SMILES string of the molecule is Cc1cc(C)c2onc(CC(=O)Nc3nc(-c4cccs4)cs3)c2c1. The van der Waals surface area contributed by atoms with Crippen molar-refractivity contribution in [2.24, 2.45) is 0 Å². The molecule has 4 rings (SSSR count). The summed E-state index contributed by atoms with van der Waals surface area (Å²) in [4.78, 5) is 17.9. The minimum absolute atomic E-state index is 0.151. The van der Waals surface area contributed by atoms with Crippen LogP contribution in [0.5, 0.6) is 0 Å². The van der Waals surface area contributed by atoms with Crippen molar-refractivity contribution in [3.05, 3.63) is 51.8 Å². The molecular formula is C18H15N3O2S2. The van der Waals surface area contributed by atoms with Gasteiger partial charge < -0.3 is 9.84 Å². The molecule has 0 saturated heterocycles. The maximum absolute atomic E-state index is 12.4. The van der Waals surface area contributed by atoms with Crippen LogP contribution in [0.25, 0.3) is 21.5 Å². The predicted octanol–water partition coefficient (Wildman–Crippen LogP) is 4.81. The van der Waals surface area contributed by atoms with Crippen LogP contribution in [0.2, 0.25) is 0 Å². The Labute approximate surface area is 152 Å². The van der Waals surface area contributed by atoms with Crippen molar-refractivity contribution >= 4 is 44.7 Å². The Morgan fingerprint density at radius 3 is 2.96 bits per heavy atom. The molecule has 0 spiro atoms. The number of hydrogen-bond donors (Lipinski definition) is 1. The number of rotatable bonds is 4. The molecule has 7 heteroatoms. The lowest BCUT2D eigenvalue weighted by molar-refractivity contribution is -0.115. The lowest BCUT2D eigenvalue weighted by atomic mass is 10.1. The summed E-state index contributed by atoms with van der Waals surface area (Å²) in [5, 5.41) is 12.4. The monoisotopic (exact) mass is 369 g/mol. The molecule has 126 valence electrons. The molecule has 0 unspecified atom stereocenters. The van der Waals surface area contributed by atoms with Gasteiger partial charge >= 0.3 is 0 Å². The van der Waals surface area contributed by atoms with Crippen molar-refractivity contribution in [1.29, 1.82) is 0 Å². The maximum Gasteiger partial charge on any atom is 0.232 e. The van der Waals surface area contributed by atoms with E-state index >= 15 is 0 Å². The third-order valence-corrected chi connectivity index (χ3v) is 5.48. The minimum atomic E-state index is -0.151. The molecule has 0 fully saturated rings. The standard InChI is InChI=1S/C18H15N3O2S2/c1-10-6-11(2)17-12(7-10)13(21-23-17)8-16(22)20-18-19-14(9-25-18)15-4-3-5-24-15/h3-7,9H,8H2,1-2H3,(H,19,20,22). The second-order valence-electron chi connectivity index (χ2n) is 5.83. The van der Waals surface area contributed by atoms with Crippen molar-refractivity contribution in [1.82, 2.24) is 10.1 Å². The van der Waals surface area contributed by atoms with E-state index in [1.807, 2.05) is 48.9 Å². The molecule has 1 amide bonds. The van der Waals surface area contributed by atoms with Gasteiger partial charge in [-0.2, -0.15) is 0 Å². The summed E-state index contributed by atoms with van der Waals surface area (Å²) in [7, 11) is 0. The Bertz CT molecular complexity index is 1050. The van der Waals surface area contributed by atoms with Gasteiger partial charge in [-0.05, 0) is 42.5 Å². The zero-order valence-electron chi connectivity index (χ0n) is 13.7. The Hall–Kier alpha value is -2.51. The number of nitrogens with zero attached hydrogens (tertiary/aromatic N) is 2. The van der Waals surface area contributed by atoms with Crippen molar-refractivity contribution in [2.75, 3.05) is 5.32 Å². The molecule has 0 saturated carbocycles. The first kappa shape index (κ1) is 16.0. The van der Waals surface area contributed by atoms with E-state index in [9.17, 15) is 4.79 Å². The van der Waals surface area contributed by atoms with Crippen LogP contribution in [0.15, 0.2) is 39.5 Å². The van der Waals surface area contributed by atoms with Crippen molar-refractivity contribution < 1.29 is 9.32 Å². The van der Waals surface area contributed by atoms with Crippen molar-refractivity contribution in [3.8, 4) is 10.6 Å². The summed E-state index contributed by atoms with van der Waals surface area (Å²) in [6, 6.07) is 8.04. The highest BCUT2D eigenvalue weighted by atomic mass is 32.1. The summed E-state index contributed by atoms with van der Waals surface area (Å²) in [6.07, 6.45) is 0.157. The van der Waals surface area contributed by atoms with Gasteiger partial charge in [0.25, 0.3) is 0 Å². The first-order chi connectivity index (χ1) is 12.1. The van der Waals surface area contributed by atoms with Crippen LogP contribution in [0.1, 0.15) is 16.8 Å². The lowest BCUT2D eigenvalue weighted by Gasteiger charge is -2.00. The largest absolute Gasteiger partial charge is 0.356 e. The highest BCUT2D eigenvalue weighted by molar-refractivity contribution is 7.16. The number of amides is 1. The molecule has 0 aliphatic rings. The van der Waals surface area contributed by atoms with E-state index in [2.05, 4.69) is 15.5 Å². The summed E-state index contributed by atoms with van der Waals surface area (Å²) in [6.45, 7) is 4.00. The van der Waals surface area contributed by atoms with Crippen molar-refractivity contribution in [2.45, 2.75) is 20.3 Å². The summed E-state index contributed by atoms with van der Waals surface area (Å²) < 4.78 is 5.40. The van der Waals surface area contributed by atoms with Gasteiger partial charge in [-0.15, -0.1) is 22.7 Å². The molecule has 25 heavy (non-hydrogen) atoms. The topological polar surface area (TPSA) is 68.0 Å². The van der Waals surface area contributed by atoms with Crippen LogP contribution in [0.4, 0.5) is 5.13 Å². The number of aryl methyl sites for hydroxylation is 2. The van der Waals surface area contributed by atoms with E-state index in [0.29, 0.717) is 10.8 Å². The molecule has 0 atom stereocenters. The Kier molecular flexibility index (Phi) is 4.10. The van der Waals surface area contributed by atoms with Gasteiger partial charge in [0.1, 0.15) is 5.69 Å². The lowest BCUT2D eigenvalue weighted by Crippen LogP contribution is -2.14. The number of carbonyl (C=O) groups is 1. The molecule has 0 aliphatic carbocycles. The Balaban J connectivity index is 1.51. The Morgan fingerprint density at radius 1 is 1.28 bits per heavy atom. The fourth-order valence-corrected chi connectivity index (χ4v) is 4.24. The third kappa shape index (κ3) is 3.20. The van der Waals surface area contributed by atoms with Gasteiger partial charge in [-0.25, -0.2) is 4.98 Å². The highest BCUT2D eigenvalue weighted by Gasteiger charge is 2.15. The average molecular weight is 369 g/mol. The molecule has 0 bridgehead atoms. The van der Waals surface area contributed by atoms with E-state index in [4.69, 9.17) is 4.52 Å². The number of carbonyl (C=O) groups excluding carboxylic acids is 1. The van der Waals surface area contributed by atoms with E-state index in [-0.39, 0.29) is 12.3 Å². The molecule has 3 heterocycles. The molecule has 0 aliphatic heterocycles. The highest BCUT2D eigenvalue weighted by Crippen LogP contribution is 2.28. The first-order valence-corrected chi connectivity index (χ1v) is 9.51. The summed E-state index contributed by atoms with van der Waals surface area (Å²) in [5.41, 5.74) is 4.41. The molecule has 3 aromatic heterocycles. The molecule has 5 nitrogen and oxygen atoms in total. The maximum atomic E-state index is 12.4. The van der Waals surface area contributed by atoms with E-state index in [1.165, 1.54) is 11.3 Å². The molecule has 1 aromatic carbocycles. The molecular weight excluding hydrogens is 354 g/mol. The van der Waals surface area contributed by atoms with Gasteiger partial charge in [0.15, 0.2) is 10.7 Å². The van der Waals surface area contributed by atoms with Gasteiger partial charge in [0.2, 0.25) is 5.91 Å². The van der Waals surface area contributed by atoms with Gasteiger partial charge in [-0.1, -0.05) is 17.3 Å². The number of nitrogens with one attached hydrogen (secondary N) is 1. The molecule has 0 radical (unpaired) electrons. The van der Waals surface area contributed by atoms with E-state index in [0.717, 1.165) is 32.7 Å². The van der Waals surface area contributed by atoms with Crippen molar-refractivity contribution in [3.63, 3.8) is 0 Å². The zero-order chi connectivity index (χ0) is 17.4. The fraction of sp³-hybridized carbons (Fsp3) is 0.167. The Morgan fingerprint density at radius 2 is 2.16 bits per heavy atom. The number of aromatic nitrogens is 2. The fourth-order valence-electron chi connectivity index (χ4n) is 2.75. The summed E-state index contributed by atoms with van der Waals surface area (Å²) in [5.74, 6) is -0.151. The first-order valence-electron chi connectivity index (χ1n) is 7.75.